The van der Waals surface area contributed by atoms with Crippen LogP contribution in [-0.4, -0.2) is 47.3 Å². The van der Waals surface area contributed by atoms with E-state index in [1.807, 2.05) is 12.1 Å². The molecule has 0 spiro atoms. The molecule has 7 heteroatoms. The van der Waals surface area contributed by atoms with Gasteiger partial charge in [-0.25, -0.2) is 0 Å². The van der Waals surface area contributed by atoms with Gasteiger partial charge in [0.15, 0.2) is 0 Å². The molecule has 7 nitrogen and oxygen atoms in total. The number of hydrogen-bond acceptors (Lipinski definition) is 5. The molecule has 1 aromatic rings. The molecule has 2 saturated heterocycles. The molecule has 0 aromatic heterocycles. The molecular formula is C19H22N4O3. The second kappa shape index (κ2) is 5.89. The van der Waals surface area contributed by atoms with Crippen molar-refractivity contribution in [3.8, 4) is 0 Å². The summed E-state index contributed by atoms with van der Waals surface area (Å²) >= 11 is 0. The van der Waals surface area contributed by atoms with Crippen molar-refractivity contribution in [3.05, 3.63) is 34.9 Å². The zero-order valence-corrected chi connectivity index (χ0v) is 14.5. The quantitative estimate of drug-likeness (QED) is 0.657. The molecule has 1 aliphatic carbocycles. The fourth-order valence-corrected chi connectivity index (χ4v) is 4.68. The highest BCUT2D eigenvalue weighted by Gasteiger charge is 2.52. The van der Waals surface area contributed by atoms with Crippen molar-refractivity contribution in [2.45, 2.75) is 50.5 Å². The minimum Gasteiger partial charge on any atom is -0.322 e. The maximum atomic E-state index is 12.7. The van der Waals surface area contributed by atoms with Gasteiger partial charge in [0.25, 0.3) is 5.91 Å². The van der Waals surface area contributed by atoms with Gasteiger partial charge >= 0.3 is 0 Å². The summed E-state index contributed by atoms with van der Waals surface area (Å²) in [6.45, 7) is 2.36. The topological polar surface area (TPSA) is 90.5 Å². The number of nitrogens with zero attached hydrogens (tertiary/aromatic N) is 1. The van der Waals surface area contributed by atoms with E-state index in [2.05, 4.69) is 22.0 Å². The highest BCUT2D eigenvalue weighted by molar-refractivity contribution is 6.05. The first-order valence-electron chi connectivity index (χ1n) is 9.35. The van der Waals surface area contributed by atoms with E-state index < -0.39 is 6.04 Å². The lowest BCUT2D eigenvalue weighted by Gasteiger charge is -2.29. The summed E-state index contributed by atoms with van der Waals surface area (Å²) in [5.41, 5.74) is 2.79. The fraction of sp³-hybridized carbons (Fsp3) is 0.526. The zero-order chi connectivity index (χ0) is 17.8. The van der Waals surface area contributed by atoms with E-state index in [1.165, 1.54) is 6.42 Å². The van der Waals surface area contributed by atoms with Gasteiger partial charge in [0.2, 0.25) is 11.8 Å². The van der Waals surface area contributed by atoms with Crippen LogP contribution in [0.2, 0.25) is 0 Å². The Hall–Kier alpha value is -2.25. The summed E-state index contributed by atoms with van der Waals surface area (Å²) in [6.07, 6.45) is 1.93. The summed E-state index contributed by atoms with van der Waals surface area (Å²) in [5, 5.41) is 9.44. The van der Waals surface area contributed by atoms with E-state index in [-0.39, 0.29) is 24.1 Å². The second-order valence-corrected chi connectivity index (χ2v) is 7.73. The molecule has 0 bridgehead atoms. The summed E-state index contributed by atoms with van der Waals surface area (Å²) in [5.74, 6) is 0.0316. The summed E-state index contributed by atoms with van der Waals surface area (Å²) in [6, 6.07) is 6.58. The average Bonchev–Trinajstić information content (AvgIpc) is 2.93. The maximum Gasteiger partial charge on any atom is 0.255 e. The minimum atomic E-state index is -0.550. The van der Waals surface area contributed by atoms with Crippen LogP contribution >= 0.6 is 0 Å². The molecule has 3 fully saturated rings. The molecule has 3 N–H and O–H groups in total. The van der Waals surface area contributed by atoms with E-state index in [9.17, 15) is 14.4 Å². The number of carbonyl (C=O) groups is 3. The van der Waals surface area contributed by atoms with Crippen LogP contribution in [0.5, 0.6) is 0 Å². The molecule has 5 rings (SSSR count). The average molecular weight is 354 g/mol. The predicted octanol–water partition coefficient (Wildman–Crippen LogP) is -0.102. The third kappa shape index (κ3) is 2.54. The lowest BCUT2D eigenvalue weighted by Crippen LogP contribution is -2.52. The van der Waals surface area contributed by atoms with Gasteiger partial charge in [-0.05, 0) is 42.5 Å². The molecule has 0 radical (unpaired) electrons. The molecule has 3 heterocycles. The van der Waals surface area contributed by atoms with Crippen molar-refractivity contribution in [1.29, 1.82) is 0 Å². The highest BCUT2D eigenvalue weighted by atomic mass is 16.2. The Morgan fingerprint density at radius 1 is 1.19 bits per heavy atom. The number of benzene rings is 1. The van der Waals surface area contributed by atoms with Gasteiger partial charge in [-0.3, -0.25) is 19.7 Å². The van der Waals surface area contributed by atoms with Crippen molar-refractivity contribution < 1.29 is 14.4 Å². The highest BCUT2D eigenvalue weighted by Crippen LogP contribution is 2.38. The number of imide groups is 1. The van der Waals surface area contributed by atoms with Gasteiger partial charge in [-0.2, -0.15) is 0 Å². The Bertz CT molecular complexity index is 798. The molecule has 3 amide bonds. The Balaban J connectivity index is 1.26. The number of piperidine rings is 2. The van der Waals surface area contributed by atoms with Crippen molar-refractivity contribution in [2.24, 2.45) is 5.92 Å². The van der Waals surface area contributed by atoms with Gasteiger partial charge in [-0.15, -0.1) is 0 Å². The maximum absolute atomic E-state index is 12.7. The monoisotopic (exact) mass is 354 g/mol. The van der Waals surface area contributed by atoms with Crippen LogP contribution in [0, 0.1) is 5.92 Å². The number of rotatable bonds is 4. The van der Waals surface area contributed by atoms with Gasteiger partial charge in [-0.1, -0.05) is 12.1 Å². The minimum absolute atomic E-state index is 0.116. The van der Waals surface area contributed by atoms with Gasteiger partial charge in [0, 0.05) is 37.2 Å². The van der Waals surface area contributed by atoms with Crippen molar-refractivity contribution in [1.82, 2.24) is 20.9 Å². The van der Waals surface area contributed by atoms with Crippen LogP contribution in [0.1, 0.15) is 40.7 Å². The normalized spacial score (nSPS) is 32.5. The first-order chi connectivity index (χ1) is 12.6. The van der Waals surface area contributed by atoms with Crippen LogP contribution in [0.3, 0.4) is 0 Å². The van der Waals surface area contributed by atoms with Crippen LogP contribution in [0.25, 0.3) is 0 Å². The Labute approximate surface area is 151 Å². The van der Waals surface area contributed by atoms with Crippen molar-refractivity contribution >= 4 is 17.7 Å². The Morgan fingerprint density at radius 3 is 2.85 bits per heavy atom. The first kappa shape index (κ1) is 16.0. The van der Waals surface area contributed by atoms with E-state index in [1.54, 1.807) is 4.90 Å². The van der Waals surface area contributed by atoms with Gasteiger partial charge in [0.05, 0.1) is 0 Å². The molecule has 136 valence electrons. The number of fused-ring (bicyclic) bond motifs is 2. The molecule has 1 aromatic carbocycles. The lowest BCUT2D eigenvalue weighted by atomic mass is 10.0. The SMILES string of the molecule is O=C1CCC(N2Cc3cc(CN[C@@H]4[C@H]5CCN[C@H]54)ccc3C2=O)C(=O)N1. The smallest absolute Gasteiger partial charge is 0.255 e. The van der Waals surface area contributed by atoms with Crippen LogP contribution in [-0.2, 0) is 22.7 Å². The zero-order valence-electron chi connectivity index (χ0n) is 14.5. The van der Waals surface area contributed by atoms with E-state index in [0.29, 0.717) is 30.6 Å². The summed E-state index contributed by atoms with van der Waals surface area (Å²) in [4.78, 5) is 37.7. The van der Waals surface area contributed by atoms with Gasteiger partial charge < -0.3 is 15.5 Å². The largest absolute Gasteiger partial charge is 0.322 e. The fourth-order valence-electron chi connectivity index (χ4n) is 4.68. The van der Waals surface area contributed by atoms with Crippen LogP contribution in [0.15, 0.2) is 18.2 Å². The molecule has 4 atom stereocenters. The van der Waals surface area contributed by atoms with E-state index in [4.69, 9.17) is 0 Å². The number of carbonyl (C=O) groups excluding carboxylic acids is 3. The second-order valence-electron chi connectivity index (χ2n) is 7.73. The Morgan fingerprint density at radius 2 is 2.08 bits per heavy atom. The summed E-state index contributed by atoms with van der Waals surface area (Å²) in [7, 11) is 0. The molecule has 3 aliphatic heterocycles. The molecular weight excluding hydrogens is 332 g/mol. The van der Waals surface area contributed by atoms with Crippen molar-refractivity contribution in [3.63, 3.8) is 0 Å². The third-order valence-corrected chi connectivity index (χ3v) is 6.16. The third-order valence-electron chi connectivity index (χ3n) is 6.16. The van der Waals surface area contributed by atoms with Gasteiger partial charge in [0.1, 0.15) is 6.04 Å². The van der Waals surface area contributed by atoms with E-state index >= 15 is 0 Å². The molecule has 26 heavy (non-hydrogen) atoms. The van der Waals surface area contributed by atoms with Crippen LogP contribution in [0.4, 0.5) is 0 Å². The summed E-state index contributed by atoms with van der Waals surface area (Å²) < 4.78 is 0. The Kier molecular flexibility index (Phi) is 3.62. The first-order valence-corrected chi connectivity index (χ1v) is 9.35. The number of hydrogen-bond donors (Lipinski definition) is 3. The van der Waals surface area contributed by atoms with E-state index in [0.717, 1.165) is 30.1 Å². The number of amides is 3. The molecule has 1 saturated carbocycles. The predicted molar refractivity (Wildman–Crippen MR) is 93.0 cm³/mol. The van der Waals surface area contributed by atoms with Crippen molar-refractivity contribution in [2.75, 3.05) is 6.54 Å². The molecule has 4 aliphatic rings. The lowest BCUT2D eigenvalue weighted by molar-refractivity contribution is -0.136. The van der Waals surface area contributed by atoms with Crippen LogP contribution < -0.4 is 16.0 Å². The number of nitrogens with one attached hydrogen (secondary N) is 3. The standard InChI is InChI=1S/C19H22N4O3/c24-15-4-3-14(18(25)22-15)23-9-11-7-10(1-2-12(11)19(23)26)8-21-17-13-5-6-20-16(13)17/h1-2,7,13-14,16-17,20-21H,3-6,8-9H2,(H,22,24,25)/t13-,14?,16+,17+/m0/s1. The molecule has 1 unspecified atom stereocenters.